The molecule has 4 heteroatoms. The molecule has 0 spiro atoms. The minimum atomic E-state index is -0.709. The molecule has 0 fully saturated rings. The first-order valence-corrected chi connectivity index (χ1v) is 3.38. The first-order valence-electron chi connectivity index (χ1n) is 3.38. The van der Waals surface area contributed by atoms with Gasteiger partial charge in [0.25, 0.3) is 0 Å². The average Bonchev–Trinajstić information content (AvgIpc) is 1.84. The van der Waals surface area contributed by atoms with Gasteiger partial charge in [0.2, 0.25) is 0 Å². The maximum Gasteiger partial charge on any atom is 0.302 e. The second-order valence-corrected chi connectivity index (χ2v) is 2.45. The summed E-state index contributed by atoms with van der Waals surface area (Å²) in [5.74, 6) is -0.604. The van der Waals surface area contributed by atoms with Crippen molar-refractivity contribution in [2.24, 2.45) is 5.73 Å². The highest BCUT2D eigenvalue weighted by Crippen LogP contribution is 1.97. The Balaban J connectivity index is 3.92. The molecule has 0 rings (SSSR count). The largest absolute Gasteiger partial charge is 0.461 e. The molecule has 2 atom stereocenters. The van der Waals surface area contributed by atoms with Crippen LogP contribution in [0, 0.1) is 0 Å². The normalized spacial score (nSPS) is 15.3. The van der Waals surface area contributed by atoms with Crippen molar-refractivity contribution >= 4 is 11.8 Å². The van der Waals surface area contributed by atoms with E-state index in [4.69, 9.17) is 5.73 Å². The number of hydrogen-bond acceptors (Lipinski definition) is 4. The van der Waals surface area contributed by atoms with Crippen molar-refractivity contribution in [3.8, 4) is 0 Å². The maximum absolute atomic E-state index is 10.7. The van der Waals surface area contributed by atoms with E-state index in [1.807, 2.05) is 0 Å². The van der Waals surface area contributed by atoms with Crippen LogP contribution in [0.1, 0.15) is 20.8 Å². The Morgan fingerprint density at radius 2 is 1.82 bits per heavy atom. The minimum absolute atomic E-state index is 0.182. The van der Waals surface area contributed by atoms with Crippen molar-refractivity contribution in [1.82, 2.24) is 0 Å². The van der Waals surface area contributed by atoms with Gasteiger partial charge in [-0.25, -0.2) is 0 Å². The molecule has 0 radical (unpaired) electrons. The summed E-state index contributed by atoms with van der Waals surface area (Å²) in [5, 5.41) is 0. The molecule has 0 amide bonds. The Morgan fingerprint density at radius 1 is 1.36 bits per heavy atom. The molecule has 0 aromatic carbocycles. The smallest absolute Gasteiger partial charge is 0.302 e. The van der Waals surface area contributed by atoms with Crippen molar-refractivity contribution < 1.29 is 14.3 Å². The lowest BCUT2D eigenvalue weighted by Gasteiger charge is -2.16. The number of ether oxygens (including phenoxy) is 1. The number of carbonyl (C=O) groups excluding carboxylic acids is 2. The summed E-state index contributed by atoms with van der Waals surface area (Å²) >= 11 is 0. The number of rotatable bonds is 3. The van der Waals surface area contributed by atoms with Gasteiger partial charge in [-0.15, -0.1) is 0 Å². The molecule has 64 valence electrons. The predicted octanol–water partition coefficient (Wildman–Crippen LogP) is -0.146. The van der Waals surface area contributed by atoms with E-state index in [9.17, 15) is 9.59 Å². The van der Waals surface area contributed by atoms with E-state index in [0.29, 0.717) is 0 Å². The zero-order valence-electron chi connectivity index (χ0n) is 6.96. The SMILES string of the molecule is CC(=O)OC(C)C(N)C(C)=O. The Kier molecular flexibility index (Phi) is 3.74. The molecule has 0 aromatic heterocycles. The fourth-order valence-corrected chi connectivity index (χ4v) is 0.666. The summed E-state index contributed by atoms with van der Waals surface area (Å²) in [7, 11) is 0. The van der Waals surface area contributed by atoms with E-state index in [1.165, 1.54) is 13.8 Å². The van der Waals surface area contributed by atoms with E-state index >= 15 is 0 Å². The van der Waals surface area contributed by atoms with Gasteiger partial charge in [-0.3, -0.25) is 9.59 Å². The third-order valence-electron chi connectivity index (χ3n) is 1.33. The van der Waals surface area contributed by atoms with E-state index < -0.39 is 18.1 Å². The highest BCUT2D eigenvalue weighted by molar-refractivity contribution is 5.82. The van der Waals surface area contributed by atoms with Crippen molar-refractivity contribution in [3.63, 3.8) is 0 Å². The van der Waals surface area contributed by atoms with Gasteiger partial charge in [0.1, 0.15) is 17.9 Å². The van der Waals surface area contributed by atoms with Crippen LogP contribution in [0.5, 0.6) is 0 Å². The highest BCUT2D eigenvalue weighted by atomic mass is 16.5. The summed E-state index contributed by atoms with van der Waals surface area (Å²) in [5.41, 5.74) is 5.38. The van der Waals surface area contributed by atoms with Gasteiger partial charge in [0.15, 0.2) is 0 Å². The maximum atomic E-state index is 10.7. The first kappa shape index (κ1) is 10.1. The molecule has 11 heavy (non-hydrogen) atoms. The van der Waals surface area contributed by atoms with Crippen LogP contribution >= 0.6 is 0 Å². The summed E-state index contributed by atoms with van der Waals surface area (Å²) < 4.78 is 4.69. The molecule has 0 aliphatic rings. The van der Waals surface area contributed by atoms with Crippen LogP contribution in [-0.4, -0.2) is 23.9 Å². The molecular formula is C7H13NO3. The number of nitrogens with two attached hydrogens (primary N) is 1. The lowest BCUT2D eigenvalue weighted by Crippen LogP contribution is -2.41. The Bertz CT molecular complexity index is 167. The van der Waals surface area contributed by atoms with Crippen LogP contribution in [-0.2, 0) is 14.3 Å². The molecule has 4 nitrogen and oxygen atoms in total. The molecule has 0 saturated carbocycles. The Morgan fingerprint density at radius 3 is 2.09 bits per heavy atom. The minimum Gasteiger partial charge on any atom is -0.461 e. The Labute approximate surface area is 65.7 Å². The van der Waals surface area contributed by atoms with Gasteiger partial charge in [0, 0.05) is 6.92 Å². The third kappa shape index (κ3) is 3.72. The highest BCUT2D eigenvalue weighted by Gasteiger charge is 2.18. The van der Waals surface area contributed by atoms with Gasteiger partial charge >= 0.3 is 5.97 Å². The van der Waals surface area contributed by atoms with Crippen LogP contribution in [0.25, 0.3) is 0 Å². The molecule has 0 aliphatic carbocycles. The lowest BCUT2D eigenvalue weighted by atomic mass is 10.1. The van der Waals surface area contributed by atoms with Gasteiger partial charge in [-0.1, -0.05) is 0 Å². The summed E-state index contributed by atoms with van der Waals surface area (Å²) in [6.07, 6.45) is -0.537. The molecule has 0 saturated heterocycles. The Hall–Kier alpha value is -0.900. The number of hydrogen-bond donors (Lipinski definition) is 1. The van der Waals surface area contributed by atoms with Crippen LogP contribution in [0.15, 0.2) is 0 Å². The number of ketones is 1. The van der Waals surface area contributed by atoms with E-state index in [2.05, 4.69) is 4.74 Å². The van der Waals surface area contributed by atoms with Crippen molar-refractivity contribution in [2.45, 2.75) is 32.9 Å². The first-order chi connectivity index (χ1) is 4.95. The lowest BCUT2D eigenvalue weighted by molar-refractivity contribution is -0.147. The molecule has 0 aromatic rings. The molecule has 2 N–H and O–H groups in total. The van der Waals surface area contributed by atoms with Gasteiger partial charge in [-0.05, 0) is 13.8 Å². The molecule has 0 bridgehead atoms. The summed E-state index contributed by atoms with van der Waals surface area (Å²) in [6, 6.07) is -0.709. The van der Waals surface area contributed by atoms with E-state index in [-0.39, 0.29) is 5.78 Å². The molecule has 0 aliphatic heterocycles. The molecular weight excluding hydrogens is 146 g/mol. The van der Waals surface area contributed by atoms with Gasteiger partial charge in [0.05, 0.1) is 0 Å². The summed E-state index contributed by atoms with van der Waals surface area (Å²) in [6.45, 7) is 4.24. The van der Waals surface area contributed by atoms with Crippen LogP contribution < -0.4 is 5.73 Å². The van der Waals surface area contributed by atoms with Crippen LogP contribution in [0.2, 0.25) is 0 Å². The standard InChI is InChI=1S/C7H13NO3/c1-4(9)7(8)5(2)11-6(3)10/h5,7H,8H2,1-3H3. The third-order valence-corrected chi connectivity index (χ3v) is 1.33. The molecule has 2 unspecified atom stereocenters. The second kappa shape index (κ2) is 4.08. The quantitative estimate of drug-likeness (QED) is 0.581. The average molecular weight is 159 g/mol. The molecule has 0 heterocycles. The predicted molar refractivity (Wildman–Crippen MR) is 39.9 cm³/mol. The van der Waals surface area contributed by atoms with Crippen LogP contribution in [0.4, 0.5) is 0 Å². The topological polar surface area (TPSA) is 69.4 Å². The fraction of sp³-hybridized carbons (Fsp3) is 0.714. The van der Waals surface area contributed by atoms with E-state index in [1.54, 1.807) is 6.92 Å². The number of carbonyl (C=O) groups is 2. The zero-order valence-corrected chi connectivity index (χ0v) is 6.96. The van der Waals surface area contributed by atoms with Gasteiger partial charge in [-0.2, -0.15) is 0 Å². The van der Waals surface area contributed by atoms with Crippen molar-refractivity contribution in [3.05, 3.63) is 0 Å². The van der Waals surface area contributed by atoms with Gasteiger partial charge < -0.3 is 10.5 Å². The monoisotopic (exact) mass is 159 g/mol. The van der Waals surface area contributed by atoms with E-state index in [0.717, 1.165) is 0 Å². The number of esters is 1. The fourth-order valence-electron chi connectivity index (χ4n) is 0.666. The van der Waals surface area contributed by atoms with Crippen LogP contribution in [0.3, 0.4) is 0 Å². The summed E-state index contributed by atoms with van der Waals surface area (Å²) in [4.78, 5) is 21.0. The van der Waals surface area contributed by atoms with Crippen molar-refractivity contribution in [1.29, 1.82) is 0 Å². The van der Waals surface area contributed by atoms with Crippen molar-refractivity contribution in [2.75, 3.05) is 0 Å². The second-order valence-electron chi connectivity index (χ2n) is 2.45. The number of Topliss-reactive ketones (excluding diaryl/α,β-unsaturated/α-hetero) is 1. The zero-order chi connectivity index (χ0) is 9.02.